The summed E-state index contributed by atoms with van der Waals surface area (Å²) in [5, 5.41) is 1.00. The molecule has 1 aliphatic heterocycles. The van der Waals surface area contributed by atoms with Crippen LogP contribution in [0.5, 0.6) is 0 Å². The lowest BCUT2D eigenvalue weighted by molar-refractivity contribution is 0.571. The van der Waals surface area contributed by atoms with Crippen molar-refractivity contribution >= 4 is 26.9 Å². The van der Waals surface area contributed by atoms with Crippen LogP contribution in [-0.2, 0) is 16.8 Å². The first-order valence-corrected chi connectivity index (χ1v) is 8.76. The molecule has 0 amide bonds. The van der Waals surface area contributed by atoms with Crippen LogP contribution in [0.15, 0.2) is 24.3 Å². The Bertz CT molecular complexity index is 772. The molecule has 2 aromatic rings. The van der Waals surface area contributed by atoms with Gasteiger partial charge in [-0.1, -0.05) is 12.1 Å². The maximum absolute atomic E-state index is 11.5. The summed E-state index contributed by atoms with van der Waals surface area (Å²) in [5.41, 5.74) is 0.832. The molecule has 0 saturated carbocycles. The van der Waals surface area contributed by atoms with E-state index < -0.39 is 10.2 Å². The lowest BCUT2D eigenvalue weighted by Gasteiger charge is -2.19. The highest BCUT2D eigenvalue weighted by molar-refractivity contribution is 7.87. The normalized spacial score (nSPS) is 15.6. The quantitative estimate of drug-likeness (QED) is 0.850. The van der Waals surface area contributed by atoms with Gasteiger partial charge in [0, 0.05) is 25.5 Å². The van der Waals surface area contributed by atoms with E-state index in [1.54, 1.807) is 0 Å². The van der Waals surface area contributed by atoms with Gasteiger partial charge in [0.15, 0.2) is 0 Å². The first kappa shape index (κ1) is 15.1. The van der Waals surface area contributed by atoms with Gasteiger partial charge in [0.1, 0.15) is 11.6 Å². The predicted molar refractivity (Wildman–Crippen MR) is 85.8 cm³/mol. The van der Waals surface area contributed by atoms with Crippen molar-refractivity contribution in [2.75, 3.05) is 25.0 Å². The van der Waals surface area contributed by atoms with Crippen molar-refractivity contribution in [1.29, 1.82) is 0 Å². The Labute approximate surface area is 129 Å². The third-order valence-electron chi connectivity index (χ3n) is 3.72. The summed E-state index contributed by atoms with van der Waals surface area (Å²) in [6.45, 7) is 2.01. The zero-order valence-electron chi connectivity index (χ0n) is 12.4. The highest BCUT2D eigenvalue weighted by Crippen LogP contribution is 2.26. The summed E-state index contributed by atoms with van der Waals surface area (Å²) in [7, 11) is -2.14. The van der Waals surface area contributed by atoms with Gasteiger partial charge < -0.3 is 4.90 Å². The van der Waals surface area contributed by atoms with Crippen LogP contribution in [-0.4, -0.2) is 38.5 Å². The Morgan fingerprint density at radius 2 is 1.91 bits per heavy atom. The van der Waals surface area contributed by atoms with E-state index in [-0.39, 0.29) is 6.54 Å². The number of anilines is 1. The number of aromatic nitrogens is 2. The van der Waals surface area contributed by atoms with Crippen molar-refractivity contribution in [3.05, 3.63) is 30.1 Å². The molecule has 0 atom stereocenters. The van der Waals surface area contributed by atoms with Gasteiger partial charge >= 0.3 is 0 Å². The summed E-state index contributed by atoms with van der Waals surface area (Å²) in [5.74, 6) is 1.36. The van der Waals surface area contributed by atoms with E-state index in [4.69, 9.17) is 0 Å². The molecule has 1 fully saturated rings. The average Bonchev–Trinajstić information content (AvgIpc) is 3.06. The minimum Gasteiger partial charge on any atom is -0.356 e. The molecule has 22 heavy (non-hydrogen) atoms. The van der Waals surface area contributed by atoms with Crippen LogP contribution in [0, 0.1) is 0 Å². The highest BCUT2D eigenvalue weighted by atomic mass is 32.2. The Morgan fingerprint density at radius 1 is 1.18 bits per heavy atom. The van der Waals surface area contributed by atoms with Gasteiger partial charge in [0.2, 0.25) is 0 Å². The van der Waals surface area contributed by atoms with Gasteiger partial charge in [0.25, 0.3) is 10.2 Å². The van der Waals surface area contributed by atoms with Crippen molar-refractivity contribution in [1.82, 2.24) is 19.4 Å². The predicted octanol–water partition coefficient (Wildman–Crippen LogP) is 0.784. The topological polar surface area (TPSA) is 87.2 Å². The van der Waals surface area contributed by atoms with E-state index in [0.717, 1.165) is 42.7 Å². The first-order chi connectivity index (χ1) is 10.6. The molecule has 1 aromatic heterocycles. The molecule has 0 unspecified atom stereocenters. The third kappa shape index (κ3) is 3.18. The molecule has 3 rings (SSSR count). The molecule has 1 aromatic carbocycles. The second-order valence-electron chi connectivity index (χ2n) is 5.20. The molecule has 2 heterocycles. The number of benzene rings is 1. The van der Waals surface area contributed by atoms with Crippen LogP contribution in [0.3, 0.4) is 0 Å². The summed E-state index contributed by atoms with van der Waals surface area (Å²) >= 11 is 0. The zero-order chi connectivity index (χ0) is 15.6. The highest BCUT2D eigenvalue weighted by Gasteiger charge is 2.18. The molecule has 0 bridgehead atoms. The standard InChI is InChI=1S/C14H19N5O2S/c1-15-22(20,21)16-10-13-17-12-7-3-2-6-11(12)14(18-13)19-8-4-5-9-19/h2-3,6-7,15-16H,4-5,8-10H2,1H3. The Morgan fingerprint density at radius 3 is 2.64 bits per heavy atom. The molecular weight excluding hydrogens is 302 g/mol. The van der Waals surface area contributed by atoms with Crippen LogP contribution in [0.25, 0.3) is 10.9 Å². The van der Waals surface area contributed by atoms with E-state index in [2.05, 4.69) is 24.3 Å². The van der Waals surface area contributed by atoms with Gasteiger partial charge in [-0.15, -0.1) is 0 Å². The van der Waals surface area contributed by atoms with Crippen LogP contribution < -0.4 is 14.3 Å². The fourth-order valence-electron chi connectivity index (χ4n) is 2.59. The number of nitrogens with one attached hydrogen (secondary N) is 2. The molecule has 7 nitrogen and oxygen atoms in total. The second-order valence-corrected chi connectivity index (χ2v) is 6.91. The fraction of sp³-hybridized carbons (Fsp3) is 0.429. The average molecular weight is 321 g/mol. The zero-order valence-corrected chi connectivity index (χ0v) is 13.2. The maximum atomic E-state index is 11.5. The van der Waals surface area contributed by atoms with E-state index in [1.165, 1.54) is 7.05 Å². The van der Waals surface area contributed by atoms with Crippen molar-refractivity contribution < 1.29 is 8.42 Å². The lowest BCUT2D eigenvalue weighted by Crippen LogP contribution is -2.34. The fourth-order valence-corrected chi connectivity index (χ4v) is 3.05. The monoisotopic (exact) mass is 321 g/mol. The molecule has 0 spiro atoms. The van der Waals surface area contributed by atoms with E-state index in [0.29, 0.717) is 5.82 Å². The maximum Gasteiger partial charge on any atom is 0.277 e. The molecule has 0 aliphatic carbocycles. The van der Waals surface area contributed by atoms with Crippen molar-refractivity contribution in [3.63, 3.8) is 0 Å². The largest absolute Gasteiger partial charge is 0.356 e. The van der Waals surface area contributed by atoms with Crippen LogP contribution >= 0.6 is 0 Å². The third-order valence-corrected chi connectivity index (χ3v) is 4.79. The number of hydrogen-bond donors (Lipinski definition) is 2. The van der Waals surface area contributed by atoms with Crippen LogP contribution in [0.1, 0.15) is 18.7 Å². The van der Waals surface area contributed by atoms with Crippen LogP contribution in [0.2, 0.25) is 0 Å². The molecule has 118 valence electrons. The Kier molecular flexibility index (Phi) is 4.23. The number of rotatable bonds is 5. The summed E-state index contributed by atoms with van der Waals surface area (Å²) in [6.07, 6.45) is 2.31. The van der Waals surface area contributed by atoms with E-state index in [9.17, 15) is 8.42 Å². The SMILES string of the molecule is CNS(=O)(=O)NCc1nc(N2CCCC2)c2ccccc2n1. The minimum atomic E-state index is -3.50. The Balaban J connectivity index is 1.97. The number of fused-ring (bicyclic) bond motifs is 1. The van der Waals surface area contributed by atoms with Crippen molar-refractivity contribution in [3.8, 4) is 0 Å². The summed E-state index contributed by atoms with van der Waals surface area (Å²) in [6, 6.07) is 7.82. The Hall–Kier alpha value is -1.77. The van der Waals surface area contributed by atoms with Crippen molar-refractivity contribution in [2.24, 2.45) is 0 Å². The second kappa shape index (κ2) is 6.15. The molecule has 1 saturated heterocycles. The van der Waals surface area contributed by atoms with Gasteiger partial charge in [-0.25, -0.2) is 14.7 Å². The molecule has 1 aliphatic rings. The van der Waals surface area contributed by atoms with Gasteiger partial charge in [-0.05, 0) is 25.0 Å². The summed E-state index contributed by atoms with van der Waals surface area (Å²) < 4.78 is 27.6. The van der Waals surface area contributed by atoms with Crippen molar-refractivity contribution in [2.45, 2.75) is 19.4 Å². The molecule has 8 heteroatoms. The molecular formula is C14H19N5O2S. The molecule has 0 radical (unpaired) electrons. The van der Waals surface area contributed by atoms with Crippen LogP contribution in [0.4, 0.5) is 5.82 Å². The number of hydrogen-bond acceptors (Lipinski definition) is 5. The first-order valence-electron chi connectivity index (χ1n) is 7.28. The van der Waals surface area contributed by atoms with Gasteiger partial charge in [-0.3, -0.25) is 0 Å². The lowest BCUT2D eigenvalue weighted by atomic mass is 10.2. The van der Waals surface area contributed by atoms with Gasteiger partial charge in [-0.2, -0.15) is 13.1 Å². The smallest absolute Gasteiger partial charge is 0.277 e. The van der Waals surface area contributed by atoms with E-state index >= 15 is 0 Å². The number of para-hydroxylation sites is 1. The van der Waals surface area contributed by atoms with E-state index in [1.807, 2.05) is 24.3 Å². The van der Waals surface area contributed by atoms with Gasteiger partial charge in [0.05, 0.1) is 12.1 Å². The summed E-state index contributed by atoms with van der Waals surface area (Å²) in [4.78, 5) is 11.3. The number of nitrogens with zero attached hydrogens (tertiary/aromatic N) is 3. The molecule has 2 N–H and O–H groups in total. The minimum absolute atomic E-state index is 0.0643.